The van der Waals surface area contributed by atoms with Crippen molar-refractivity contribution in [3.05, 3.63) is 42.0 Å². The fraction of sp³-hybridized carbons (Fsp3) is 0. The summed E-state index contributed by atoms with van der Waals surface area (Å²) in [6.45, 7) is 0. The second-order valence-corrected chi connectivity index (χ2v) is 2.62. The van der Waals surface area contributed by atoms with E-state index in [9.17, 15) is 4.39 Å². The summed E-state index contributed by atoms with van der Waals surface area (Å²) in [5.74, 6) is -0.327. The lowest BCUT2D eigenvalue weighted by Gasteiger charge is -1.99. The average Bonchev–Trinajstić information content (AvgIpc) is 2.67. The molecule has 0 aliphatic heterocycles. The molecule has 0 spiro atoms. The van der Waals surface area contributed by atoms with Crippen LogP contribution < -0.4 is 0 Å². The Balaban J connectivity index is 2.50. The molecule has 1 heterocycles. The SMILES string of the molecule is N#Cc1cnnn1-c1ccc(F)cc1. The maximum absolute atomic E-state index is 12.6. The van der Waals surface area contributed by atoms with E-state index in [-0.39, 0.29) is 5.82 Å². The predicted octanol–water partition coefficient (Wildman–Crippen LogP) is 1.28. The molecule has 0 saturated carbocycles. The zero-order valence-electron chi connectivity index (χ0n) is 7.05. The lowest BCUT2D eigenvalue weighted by atomic mass is 10.3. The van der Waals surface area contributed by atoms with Gasteiger partial charge in [-0.2, -0.15) is 5.26 Å². The molecular weight excluding hydrogens is 183 g/mol. The Morgan fingerprint density at radius 3 is 2.64 bits per heavy atom. The minimum absolute atomic E-state index is 0.316. The van der Waals surface area contributed by atoms with Gasteiger partial charge in [0.05, 0.1) is 11.9 Å². The summed E-state index contributed by atoms with van der Waals surface area (Å²) in [7, 11) is 0. The average molecular weight is 188 g/mol. The summed E-state index contributed by atoms with van der Waals surface area (Å²) in [5.41, 5.74) is 0.928. The van der Waals surface area contributed by atoms with Crippen LogP contribution in [0.25, 0.3) is 5.69 Å². The van der Waals surface area contributed by atoms with E-state index in [4.69, 9.17) is 5.26 Å². The van der Waals surface area contributed by atoms with Crippen molar-refractivity contribution < 1.29 is 4.39 Å². The van der Waals surface area contributed by atoms with Gasteiger partial charge < -0.3 is 0 Å². The smallest absolute Gasteiger partial charge is 0.164 e. The largest absolute Gasteiger partial charge is 0.207 e. The number of benzene rings is 1. The molecule has 0 aliphatic carbocycles. The van der Waals surface area contributed by atoms with Gasteiger partial charge in [-0.1, -0.05) is 5.21 Å². The van der Waals surface area contributed by atoms with Crippen LogP contribution in [0, 0.1) is 17.1 Å². The normalized spacial score (nSPS) is 9.71. The Bertz CT molecular complexity index is 480. The molecule has 14 heavy (non-hydrogen) atoms. The molecule has 0 amide bonds. The van der Waals surface area contributed by atoms with Gasteiger partial charge in [0.15, 0.2) is 5.69 Å². The van der Waals surface area contributed by atoms with Crippen LogP contribution in [-0.4, -0.2) is 15.0 Å². The van der Waals surface area contributed by atoms with Gasteiger partial charge in [-0.05, 0) is 24.3 Å². The molecule has 0 atom stereocenters. The molecule has 4 nitrogen and oxygen atoms in total. The molecular formula is C9H5FN4. The Labute approximate surface area is 79.2 Å². The lowest BCUT2D eigenvalue weighted by Crippen LogP contribution is -1.99. The standard InChI is InChI=1S/C9H5FN4/c10-7-1-3-8(4-2-7)14-9(5-11)6-12-13-14/h1-4,6H. The highest BCUT2D eigenvalue weighted by Crippen LogP contribution is 2.09. The Hall–Kier alpha value is -2.22. The van der Waals surface area contributed by atoms with Crippen molar-refractivity contribution in [2.24, 2.45) is 0 Å². The monoisotopic (exact) mass is 188 g/mol. The van der Waals surface area contributed by atoms with Crippen LogP contribution in [0.3, 0.4) is 0 Å². The van der Waals surface area contributed by atoms with Gasteiger partial charge in [-0.3, -0.25) is 0 Å². The van der Waals surface area contributed by atoms with Crippen molar-refractivity contribution in [1.82, 2.24) is 15.0 Å². The van der Waals surface area contributed by atoms with Gasteiger partial charge in [0.1, 0.15) is 11.9 Å². The second-order valence-electron chi connectivity index (χ2n) is 2.62. The summed E-state index contributed by atoms with van der Waals surface area (Å²) in [6.07, 6.45) is 1.35. The molecule has 0 bridgehead atoms. The van der Waals surface area contributed by atoms with Gasteiger partial charge in [-0.15, -0.1) is 5.10 Å². The van der Waals surface area contributed by atoms with Crippen molar-refractivity contribution >= 4 is 0 Å². The molecule has 1 aromatic carbocycles. The Kier molecular flexibility index (Phi) is 1.95. The Morgan fingerprint density at radius 2 is 2.00 bits per heavy atom. The zero-order valence-corrected chi connectivity index (χ0v) is 7.05. The van der Waals surface area contributed by atoms with Gasteiger partial charge >= 0.3 is 0 Å². The third-order valence-corrected chi connectivity index (χ3v) is 1.74. The first-order valence-electron chi connectivity index (χ1n) is 3.88. The van der Waals surface area contributed by atoms with Gasteiger partial charge in [0, 0.05) is 0 Å². The number of rotatable bonds is 1. The number of hydrogen-bond donors (Lipinski definition) is 0. The van der Waals surface area contributed by atoms with E-state index < -0.39 is 0 Å². The van der Waals surface area contributed by atoms with E-state index in [1.54, 1.807) is 0 Å². The number of hydrogen-bond acceptors (Lipinski definition) is 3. The maximum Gasteiger partial charge on any atom is 0.164 e. The third kappa shape index (κ3) is 1.33. The van der Waals surface area contributed by atoms with Crippen molar-refractivity contribution in [2.75, 3.05) is 0 Å². The number of halogens is 1. The molecule has 0 fully saturated rings. The first-order valence-corrected chi connectivity index (χ1v) is 3.88. The Morgan fingerprint density at radius 1 is 1.29 bits per heavy atom. The van der Waals surface area contributed by atoms with E-state index in [2.05, 4.69) is 10.3 Å². The molecule has 0 unspecified atom stereocenters. The fourth-order valence-corrected chi connectivity index (χ4v) is 1.08. The molecule has 2 rings (SSSR count). The van der Waals surface area contributed by atoms with Gasteiger partial charge in [0.25, 0.3) is 0 Å². The van der Waals surface area contributed by atoms with Crippen LogP contribution in [0.5, 0.6) is 0 Å². The second kappa shape index (κ2) is 3.26. The van der Waals surface area contributed by atoms with E-state index >= 15 is 0 Å². The van der Waals surface area contributed by atoms with Crippen molar-refractivity contribution in [2.45, 2.75) is 0 Å². The molecule has 1 aromatic heterocycles. The number of aromatic nitrogens is 3. The summed E-state index contributed by atoms with van der Waals surface area (Å²) >= 11 is 0. The molecule has 68 valence electrons. The van der Waals surface area contributed by atoms with E-state index in [1.165, 1.54) is 35.1 Å². The molecule has 5 heteroatoms. The zero-order chi connectivity index (χ0) is 9.97. The minimum Gasteiger partial charge on any atom is -0.207 e. The number of nitriles is 1. The van der Waals surface area contributed by atoms with E-state index in [0.29, 0.717) is 11.4 Å². The first-order chi connectivity index (χ1) is 6.81. The van der Waals surface area contributed by atoms with Gasteiger partial charge in [-0.25, -0.2) is 9.07 Å². The summed E-state index contributed by atoms with van der Waals surface area (Å²) in [6, 6.07) is 7.61. The minimum atomic E-state index is -0.327. The van der Waals surface area contributed by atoms with Crippen LogP contribution in [0.2, 0.25) is 0 Å². The number of nitrogens with zero attached hydrogens (tertiary/aromatic N) is 4. The van der Waals surface area contributed by atoms with Crippen molar-refractivity contribution in [3.63, 3.8) is 0 Å². The first kappa shape index (κ1) is 8.38. The lowest BCUT2D eigenvalue weighted by molar-refractivity contribution is 0.626. The van der Waals surface area contributed by atoms with Crippen LogP contribution >= 0.6 is 0 Å². The summed E-state index contributed by atoms with van der Waals surface area (Å²) in [5, 5.41) is 16.0. The van der Waals surface area contributed by atoms with Crippen LogP contribution in [0.15, 0.2) is 30.5 Å². The van der Waals surface area contributed by atoms with Crippen LogP contribution in [0.1, 0.15) is 5.69 Å². The third-order valence-electron chi connectivity index (χ3n) is 1.74. The molecule has 0 radical (unpaired) electrons. The van der Waals surface area contributed by atoms with Crippen molar-refractivity contribution in [1.29, 1.82) is 5.26 Å². The topological polar surface area (TPSA) is 54.5 Å². The molecule has 0 aliphatic rings. The highest BCUT2D eigenvalue weighted by Gasteiger charge is 2.04. The molecule has 0 saturated heterocycles. The fourth-order valence-electron chi connectivity index (χ4n) is 1.08. The highest BCUT2D eigenvalue weighted by molar-refractivity contribution is 5.35. The summed E-state index contributed by atoms with van der Waals surface area (Å²) < 4.78 is 13.9. The van der Waals surface area contributed by atoms with E-state index in [1.807, 2.05) is 6.07 Å². The maximum atomic E-state index is 12.6. The van der Waals surface area contributed by atoms with Crippen LogP contribution in [0.4, 0.5) is 4.39 Å². The molecule has 0 N–H and O–H groups in total. The highest BCUT2D eigenvalue weighted by atomic mass is 19.1. The van der Waals surface area contributed by atoms with E-state index in [0.717, 1.165) is 0 Å². The summed E-state index contributed by atoms with van der Waals surface area (Å²) in [4.78, 5) is 0. The quantitative estimate of drug-likeness (QED) is 0.677. The van der Waals surface area contributed by atoms with Crippen molar-refractivity contribution in [3.8, 4) is 11.8 Å². The van der Waals surface area contributed by atoms with Gasteiger partial charge in [0.2, 0.25) is 0 Å². The molecule has 2 aromatic rings. The predicted molar refractivity (Wildman–Crippen MR) is 46.0 cm³/mol. The van der Waals surface area contributed by atoms with Crippen LogP contribution in [-0.2, 0) is 0 Å².